The molecule has 0 radical (unpaired) electrons. The number of hydrogen-bond donors (Lipinski definition) is 1. The average Bonchev–Trinajstić information content (AvgIpc) is 2.48. The number of nitro benzene ring substituents is 1. The molecule has 3 aromatic rings. The first kappa shape index (κ1) is 12.9. The van der Waals surface area contributed by atoms with Crippen LogP contribution < -0.4 is 10.0 Å². The maximum atomic E-state index is 12.0. The molecule has 6 heteroatoms. The lowest BCUT2D eigenvalue weighted by Gasteiger charge is -2.09. The monoisotopic (exact) mass is 281 g/mol. The van der Waals surface area contributed by atoms with Crippen LogP contribution >= 0.6 is 0 Å². The molecule has 0 spiro atoms. The molecule has 104 valence electrons. The van der Waals surface area contributed by atoms with Crippen LogP contribution in [-0.2, 0) is 0 Å². The number of anilines is 2. The van der Waals surface area contributed by atoms with Gasteiger partial charge in [-0.1, -0.05) is 18.2 Å². The summed E-state index contributed by atoms with van der Waals surface area (Å²) in [7, 11) is 0. The van der Waals surface area contributed by atoms with E-state index in [1.165, 1.54) is 18.3 Å². The molecule has 0 amide bonds. The Kier molecular flexibility index (Phi) is 3.12. The largest absolute Gasteiger partial charge is 0.618 e. The van der Waals surface area contributed by atoms with E-state index < -0.39 is 4.92 Å². The molecule has 0 bridgehead atoms. The van der Waals surface area contributed by atoms with Crippen LogP contribution in [0.5, 0.6) is 0 Å². The van der Waals surface area contributed by atoms with Gasteiger partial charge in [-0.25, -0.2) is 0 Å². The highest BCUT2D eigenvalue weighted by Crippen LogP contribution is 2.30. The molecule has 2 aromatic carbocycles. The van der Waals surface area contributed by atoms with Crippen molar-refractivity contribution in [2.45, 2.75) is 0 Å². The van der Waals surface area contributed by atoms with Crippen molar-refractivity contribution < 1.29 is 9.65 Å². The fourth-order valence-corrected chi connectivity index (χ4v) is 2.23. The Bertz CT molecular complexity index is 819. The minimum absolute atomic E-state index is 0.0891. The molecule has 1 aromatic heterocycles. The van der Waals surface area contributed by atoms with E-state index in [-0.39, 0.29) is 11.2 Å². The van der Waals surface area contributed by atoms with Gasteiger partial charge in [0.25, 0.3) is 11.2 Å². The van der Waals surface area contributed by atoms with Gasteiger partial charge in [-0.15, -0.1) is 0 Å². The summed E-state index contributed by atoms with van der Waals surface area (Å²) in [5.41, 5.74) is 1.48. The normalized spacial score (nSPS) is 10.5. The lowest BCUT2D eigenvalue weighted by molar-refractivity contribution is -0.576. The summed E-state index contributed by atoms with van der Waals surface area (Å²) in [6.45, 7) is 0. The summed E-state index contributed by atoms with van der Waals surface area (Å²) in [5.74, 6) is 0. The van der Waals surface area contributed by atoms with Crippen LogP contribution in [0.15, 0.2) is 60.8 Å². The molecule has 0 saturated carbocycles. The molecular formula is C15H11N3O3. The van der Waals surface area contributed by atoms with Crippen molar-refractivity contribution in [3.63, 3.8) is 0 Å². The molecule has 0 unspecified atom stereocenters. The third-order valence-corrected chi connectivity index (χ3v) is 3.15. The SMILES string of the molecule is O=[N+]([O-])c1ccc(Nc2ccccc2)c2c1ccc[n+]2[O-]. The molecule has 6 nitrogen and oxygen atoms in total. The van der Waals surface area contributed by atoms with Gasteiger partial charge in [0.15, 0.2) is 6.20 Å². The van der Waals surface area contributed by atoms with Crippen molar-refractivity contribution in [1.29, 1.82) is 0 Å². The second kappa shape index (κ2) is 5.09. The van der Waals surface area contributed by atoms with Crippen LogP contribution in [0.25, 0.3) is 10.9 Å². The third kappa shape index (κ3) is 2.34. The first-order valence-electron chi connectivity index (χ1n) is 6.28. The van der Waals surface area contributed by atoms with Crippen LogP contribution in [0.1, 0.15) is 0 Å². The van der Waals surface area contributed by atoms with E-state index >= 15 is 0 Å². The number of nitrogens with zero attached hydrogens (tertiary/aromatic N) is 2. The highest BCUT2D eigenvalue weighted by Gasteiger charge is 2.20. The second-order valence-corrected chi connectivity index (χ2v) is 4.48. The molecule has 0 saturated heterocycles. The number of rotatable bonds is 3. The summed E-state index contributed by atoms with van der Waals surface area (Å²) in [6.07, 6.45) is 1.32. The van der Waals surface area contributed by atoms with Gasteiger partial charge in [0.05, 0.1) is 4.92 Å². The number of pyridine rings is 1. The fraction of sp³-hybridized carbons (Fsp3) is 0. The lowest BCUT2D eigenvalue weighted by atomic mass is 10.1. The van der Waals surface area contributed by atoms with E-state index in [9.17, 15) is 15.3 Å². The Morgan fingerprint density at radius 1 is 1.00 bits per heavy atom. The molecule has 0 fully saturated rings. The average molecular weight is 281 g/mol. The number of aromatic nitrogens is 1. The van der Waals surface area contributed by atoms with Gasteiger partial charge in [0, 0.05) is 17.8 Å². The van der Waals surface area contributed by atoms with Gasteiger partial charge in [-0.2, -0.15) is 4.73 Å². The smallest absolute Gasteiger partial charge is 0.283 e. The molecule has 1 heterocycles. The second-order valence-electron chi connectivity index (χ2n) is 4.48. The highest BCUT2D eigenvalue weighted by molar-refractivity contribution is 5.95. The van der Waals surface area contributed by atoms with E-state index in [0.29, 0.717) is 15.8 Å². The number of nitro groups is 1. The quantitative estimate of drug-likeness (QED) is 0.346. The Morgan fingerprint density at radius 2 is 1.76 bits per heavy atom. The van der Waals surface area contributed by atoms with Crippen LogP contribution in [0.3, 0.4) is 0 Å². The third-order valence-electron chi connectivity index (χ3n) is 3.15. The van der Waals surface area contributed by atoms with E-state index in [1.54, 1.807) is 12.1 Å². The first-order valence-corrected chi connectivity index (χ1v) is 6.28. The minimum Gasteiger partial charge on any atom is -0.618 e. The first-order chi connectivity index (χ1) is 10.2. The Balaban J connectivity index is 2.20. The number of para-hydroxylation sites is 1. The lowest BCUT2D eigenvalue weighted by Crippen LogP contribution is -2.26. The van der Waals surface area contributed by atoms with E-state index in [1.807, 2.05) is 30.3 Å². The molecule has 0 atom stereocenters. The summed E-state index contributed by atoms with van der Waals surface area (Å²) in [4.78, 5) is 10.6. The number of benzene rings is 2. The number of fused-ring (bicyclic) bond motifs is 1. The molecule has 0 aliphatic rings. The summed E-state index contributed by atoms with van der Waals surface area (Å²) >= 11 is 0. The standard InChI is InChI=1S/C15H11N3O3/c19-17-10-4-7-12-14(18(20)21)9-8-13(15(12)17)16-11-5-2-1-3-6-11/h1-10,16H. The maximum Gasteiger partial charge on any atom is 0.283 e. The zero-order chi connectivity index (χ0) is 14.8. The zero-order valence-corrected chi connectivity index (χ0v) is 10.9. The number of nitrogens with one attached hydrogen (secondary N) is 1. The topological polar surface area (TPSA) is 82.1 Å². The van der Waals surface area contributed by atoms with Gasteiger partial charge >= 0.3 is 0 Å². The predicted octanol–water partition coefficient (Wildman–Crippen LogP) is 3.13. The van der Waals surface area contributed by atoms with Gasteiger partial charge in [-0.05, 0) is 24.3 Å². The number of non-ortho nitro benzene ring substituents is 1. The molecule has 1 N–H and O–H groups in total. The van der Waals surface area contributed by atoms with Crippen LogP contribution in [0.2, 0.25) is 0 Å². The molecule has 0 aliphatic carbocycles. The molecule has 21 heavy (non-hydrogen) atoms. The molecular weight excluding hydrogens is 270 g/mol. The van der Waals surface area contributed by atoms with Crippen molar-refractivity contribution in [2.75, 3.05) is 5.32 Å². The van der Waals surface area contributed by atoms with E-state index in [4.69, 9.17) is 0 Å². The van der Waals surface area contributed by atoms with Crippen molar-refractivity contribution in [1.82, 2.24) is 0 Å². The molecule has 0 aliphatic heterocycles. The van der Waals surface area contributed by atoms with Crippen LogP contribution in [-0.4, -0.2) is 4.92 Å². The van der Waals surface area contributed by atoms with Crippen molar-refractivity contribution >= 4 is 28.0 Å². The fourth-order valence-electron chi connectivity index (χ4n) is 2.23. The van der Waals surface area contributed by atoms with Crippen LogP contribution in [0.4, 0.5) is 17.1 Å². The van der Waals surface area contributed by atoms with E-state index in [0.717, 1.165) is 5.69 Å². The highest BCUT2D eigenvalue weighted by atomic mass is 16.6. The van der Waals surface area contributed by atoms with Gasteiger partial charge in [-0.3, -0.25) is 10.1 Å². The Labute approximate surface area is 120 Å². The Morgan fingerprint density at radius 3 is 2.48 bits per heavy atom. The van der Waals surface area contributed by atoms with Gasteiger partial charge < -0.3 is 10.5 Å². The van der Waals surface area contributed by atoms with Crippen LogP contribution in [0, 0.1) is 15.3 Å². The van der Waals surface area contributed by atoms with Crippen molar-refractivity contribution in [3.8, 4) is 0 Å². The summed E-state index contributed by atoms with van der Waals surface area (Å²) < 4.78 is 0.633. The Hall–Kier alpha value is -3.15. The minimum atomic E-state index is -0.491. The molecule has 3 rings (SSSR count). The van der Waals surface area contributed by atoms with Gasteiger partial charge in [0.1, 0.15) is 11.1 Å². The van der Waals surface area contributed by atoms with Gasteiger partial charge in [0.2, 0.25) is 0 Å². The predicted molar refractivity (Wildman–Crippen MR) is 79.3 cm³/mol. The number of hydrogen-bond acceptors (Lipinski definition) is 4. The summed E-state index contributed by atoms with van der Waals surface area (Å²) in [6, 6.07) is 15.3. The van der Waals surface area contributed by atoms with E-state index in [2.05, 4.69) is 5.32 Å². The van der Waals surface area contributed by atoms with Crippen molar-refractivity contribution in [3.05, 3.63) is 76.1 Å². The van der Waals surface area contributed by atoms with Crippen molar-refractivity contribution in [2.24, 2.45) is 0 Å². The summed E-state index contributed by atoms with van der Waals surface area (Å²) in [5, 5.41) is 26.5. The zero-order valence-electron chi connectivity index (χ0n) is 10.9. The maximum absolute atomic E-state index is 12.0.